The SMILES string of the molecule is COc1cc(C)c(/C=C/C(=O)Nc2nccs2)c(C)c1. The molecule has 104 valence electrons. The number of nitrogens with one attached hydrogen (secondary N) is 1. The van der Waals surface area contributed by atoms with Gasteiger partial charge in [-0.1, -0.05) is 0 Å². The Labute approximate surface area is 122 Å². The van der Waals surface area contributed by atoms with Crippen LogP contribution in [-0.2, 0) is 4.79 Å². The van der Waals surface area contributed by atoms with E-state index in [-0.39, 0.29) is 5.91 Å². The summed E-state index contributed by atoms with van der Waals surface area (Å²) in [6.07, 6.45) is 4.98. The molecule has 1 aromatic carbocycles. The molecule has 0 fully saturated rings. The van der Waals surface area contributed by atoms with Crippen molar-refractivity contribution < 1.29 is 9.53 Å². The molecule has 20 heavy (non-hydrogen) atoms. The van der Waals surface area contributed by atoms with E-state index in [4.69, 9.17) is 4.74 Å². The number of amides is 1. The molecule has 2 aromatic rings. The first-order valence-electron chi connectivity index (χ1n) is 6.14. The van der Waals surface area contributed by atoms with Gasteiger partial charge < -0.3 is 4.74 Å². The predicted octanol–water partition coefficient (Wildman–Crippen LogP) is 3.42. The lowest BCUT2D eigenvalue weighted by Crippen LogP contribution is -2.07. The fourth-order valence-electron chi connectivity index (χ4n) is 1.91. The number of benzene rings is 1. The Hall–Kier alpha value is -2.14. The lowest BCUT2D eigenvalue weighted by atomic mass is 10.0. The summed E-state index contributed by atoms with van der Waals surface area (Å²) in [6, 6.07) is 3.90. The number of carbonyl (C=O) groups excluding carboxylic acids is 1. The van der Waals surface area contributed by atoms with E-state index in [1.807, 2.05) is 37.4 Å². The van der Waals surface area contributed by atoms with E-state index in [0.29, 0.717) is 5.13 Å². The molecule has 0 saturated carbocycles. The van der Waals surface area contributed by atoms with Crippen LogP contribution in [0.5, 0.6) is 5.75 Å². The second-order valence-corrected chi connectivity index (χ2v) is 5.23. The summed E-state index contributed by atoms with van der Waals surface area (Å²) in [7, 11) is 1.64. The topological polar surface area (TPSA) is 51.2 Å². The van der Waals surface area contributed by atoms with Crippen LogP contribution in [0.15, 0.2) is 29.8 Å². The van der Waals surface area contributed by atoms with Crippen LogP contribution < -0.4 is 10.1 Å². The van der Waals surface area contributed by atoms with Gasteiger partial charge >= 0.3 is 0 Å². The first-order chi connectivity index (χ1) is 9.60. The number of rotatable bonds is 4. The molecular weight excluding hydrogens is 272 g/mol. The number of carbonyl (C=O) groups is 1. The van der Waals surface area contributed by atoms with Crippen molar-refractivity contribution in [2.75, 3.05) is 12.4 Å². The first-order valence-corrected chi connectivity index (χ1v) is 7.02. The van der Waals surface area contributed by atoms with E-state index in [0.717, 1.165) is 22.4 Å². The van der Waals surface area contributed by atoms with E-state index in [1.54, 1.807) is 13.3 Å². The van der Waals surface area contributed by atoms with E-state index in [1.165, 1.54) is 17.4 Å². The van der Waals surface area contributed by atoms with Crippen LogP contribution in [0.2, 0.25) is 0 Å². The summed E-state index contributed by atoms with van der Waals surface area (Å²) in [5.41, 5.74) is 3.17. The number of nitrogens with zero attached hydrogens (tertiary/aromatic N) is 1. The number of hydrogen-bond acceptors (Lipinski definition) is 4. The molecule has 1 N–H and O–H groups in total. The maximum atomic E-state index is 11.8. The van der Waals surface area contributed by atoms with Gasteiger partial charge in [0.05, 0.1) is 7.11 Å². The van der Waals surface area contributed by atoms with Crippen molar-refractivity contribution in [1.82, 2.24) is 4.98 Å². The third-order valence-electron chi connectivity index (χ3n) is 2.87. The molecule has 0 bridgehead atoms. The van der Waals surface area contributed by atoms with Crippen molar-refractivity contribution in [3.63, 3.8) is 0 Å². The number of anilines is 1. The molecule has 4 nitrogen and oxygen atoms in total. The molecule has 0 unspecified atom stereocenters. The fourth-order valence-corrected chi connectivity index (χ4v) is 2.44. The van der Waals surface area contributed by atoms with Gasteiger partial charge in [-0.3, -0.25) is 10.1 Å². The highest BCUT2D eigenvalue weighted by Crippen LogP contribution is 2.22. The molecular formula is C15H16N2O2S. The Morgan fingerprint density at radius 1 is 1.35 bits per heavy atom. The maximum absolute atomic E-state index is 11.8. The van der Waals surface area contributed by atoms with Crippen molar-refractivity contribution in [1.29, 1.82) is 0 Å². The van der Waals surface area contributed by atoms with Crippen LogP contribution >= 0.6 is 11.3 Å². The zero-order valence-electron chi connectivity index (χ0n) is 11.6. The lowest BCUT2D eigenvalue weighted by molar-refractivity contribution is -0.111. The number of aromatic nitrogens is 1. The molecule has 1 heterocycles. The number of ether oxygens (including phenoxy) is 1. The largest absolute Gasteiger partial charge is 0.497 e. The Bertz CT molecular complexity index is 610. The molecule has 2 rings (SSSR count). The average Bonchev–Trinajstić information content (AvgIpc) is 2.90. The van der Waals surface area contributed by atoms with Gasteiger partial charge in [-0.05, 0) is 48.7 Å². The molecule has 0 saturated heterocycles. The molecule has 0 spiro atoms. The van der Waals surface area contributed by atoms with Crippen LogP contribution in [-0.4, -0.2) is 18.0 Å². The third kappa shape index (κ3) is 3.45. The quantitative estimate of drug-likeness (QED) is 0.877. The van der Waals surface area contributed by atoms with E-state index in [2.05, 4.69) is 10.3 Å². The summed E-state index contributed by atoms with van der Waals surface area (Å²) in [6.45, 7) is 3.99. The molecule has 1 aromatic heterocycles. The number of methoxy groups -OCH3 is 1. The van der Waals surface area contributed by atoms with E-state index >= 15 is 0 Å². The summed E-state index contributed by atoms with van der Waals surface area (Å²) < 4.78 is 5.22. The highest BCUT2D eigenvalue weighted by atomic mass is 32.1. The zero-order valence-corrected chi connectivity index (χ0v) is 12.5. The van der Waals surface area contributed by atoms with Crippen molar-refractivity contribution in [2.24, 2.45) is 0 Å². The highest BCUT2D eigenvalue weighted by Gasteiger charge is 2.04. The Kier molecular flexibility index (Phi) is 4.53. The van der Waals surface area contributed by atoms with Gasteiger partial charge in [0.15, 0.2) is 5.13 Å². The van der Waals surface area contributed by atoms with Crippen LogP contribution in [0.4, 0.5) is 5.13 Å². The summed E-state index contributed by atoms with van der Waals surface area (Å²) in [5, 5.41) is 5.13. The Balaban J connectivity index is 2.13. The van der Waals surface area contributed by atoms with Crippen molar-refractivity contribution in [2.45, 2.75) is 13.8 Å². The van der Waals surface area contributed by atoms with Gasteiger partial charge in [0.25, 0.3) is 0 Å². The lowest BCUT2D eigenvalue weighted by Gasteiger charge is -2.08. The van der Waals surface area contributed by atoms with Crippen molar-refractivity contribution in [3.05, 3.63) is 46.5 Å². The van der Waals surface area contributed by atoms with Crippen LogP contribution in [0, 0.1) is 13.8 Å². The number of hydrogen-bond donors (Lipinski definition) is 1. The van der Waals surface area contributed by atoms with Gasteiger partial charge in [-0.2, -0.15) is 0 Å². The smallest absolute Gasteiger partial charge is 0.250 e. The standard InChI is InChI=1S/C15H16N2O2S/c1-10-8-12(19-3)9-11(2)13(10)4-5-14(18)17-15-16-6-7-20-15/h4-9H,1-3H3,(H,16,17,18)/b5-4+. The third-order valence-corrected chi connectivity index (χ3v) is 3.56. The number of aryl methyl sites for hydroxylation is 2. The molecule has 0 radical (unpaired) electrons. The second kappa shape index (κ2) is 6.34. The first kappa shape index (κ1) is 14.3. The minimum Gasteiger partial charge on any atom is -0.497 e. The maximum Gasteiger partial charge on any atom is 0.250 e. The minimum absolute atomic E-state index is 0.186. The van der Waals surface area contributed by atoms with Crippen LogP contribution in [0.3, 0.4) is 0 Å². The van der Waals surface area contributed by atoms with Crippen LogP contribution in [0.1, 0.15) is 16.7 Å². The average molecular weight is 288 g/mol. The molecule has 1 amide bonds. The van der Waals surface area contributed by atoms with Gasteiger partial charge in [0.1, 0.15) is 5.75 Å². The van der Waals surface area contributed by atoms with Gasteiger partial charge in [-0.15, -0.1) is 11.3 Å². The summed E-state index contributed by atoms with van der Waals surface area (Å²) in [5.74, 6) is 0.638. The summed E-state index contributed by atoms with van der Waals surface area (Å²) >= 11 is 1.39. The number of thiazole rings is 1. The normalized spacial score (nSPS) is 10.8. The Morgan fingerprint density at radius 2 is 2.05 bits per heavy atom. The molecule has 0 aliphatic carbocycles. The van der Waals surface area contributed by atoms with Crippen molar-refractivity contribution in [3.8, 4) is 5.75 Å². The zero-order chi connectivity index (χ0) is 14.5. The Morgan fingerprint density at radius 3 is 2.60 bits per heavy atom. The van der Waals surface area contributed by atoms with Gasteiger partial charge in [-0.25, -0.2) is 4.98 Å². The van der Waals surface area contributed by atoms with E-state index < -0.39 is 0 Å². The van der Waals surface area contributed by atoms with Gasteiger partial charge in [0.2, 0.25) is 5.91 Å². The molecule has 0 aliphatic rings. The summed E-state index contributed by atoms with van der Waals surface area (Å²) in [4.78, 5) is 15.8. The highest BCUT2D eigenvalue weighted by molar-refractivity contribution is 7.13. The van der Waals surface area contributed by atoms with Gasteiger partial charge in [0, 0.05) is 17.7 Å². The van der Waals surface area contributed by atoms with Crippen molar-refractivity contribution >= 4 is 28.5 Å². The molecule has 0 aliphatic heterocycles. The van der Waals surface area contributed by atoms with E-state index in [9.17, 15) is 4.79 Å². The fraction of sp³-hybridized carbons (Fsp3) is 0.200. The molecule has 5 heteroatoms. The van der Waals surface area contributed by atoms with Crippen LogP contribution in [0.25, 0.3) is 6.08 Å². The second-order valence-electron chi connectivity index (χ2n) is 4.33. The molecule has 0 atom stereocenters. The minimum atomic E-state index is -0.186. The predicted molar refractivity (Wildman–Crippen MR) is 82.2 cm³/mol. The monoisotopic (exact) mass is 288 g/mol.